The number of benzene rings is 1. The van der Waals surface area contributed by atoms with Crippen LogP contribution in [-0.2, 0) is 6.42 Å². The highest BCUT2D eigenvalue weighted by Crippen LogP contribution is 2.21. The average Bonchev–Trinajstić information content (AvgIpc) is 2.49. The first-order chi connectivity index (χ1) is 10.1. The van der Waals surface area contributed by atoms with Gasteiger partial charge < -0.3 is 5.32 Å². The largest absolute Gasteiger partial charge is 0.310 e. The summed E-state index contributed by atoms with van der Waals surface area (Å²) < 4.78 is 0. The Morgan fingerprint density at radius 1 is 1.00 bits per heavy atom. The molecular weight excluding hydrogens is 256 g/mol. The molecule has 0 aliphatic carbocycles. The van der Waals surface area contributed by atoms with Crippen LogP contribution in [0.15, 0.2) is 42.6 Å². The van der Waals surface area contributed by atoms with Crippen molar-refractivity contribution in [2.75, 3.05) is 6.54 Å². The molecule has 1 atom stereocenters. The molecule has 0 fully saturated rings. The van der Waals surface area contributed by atoms with E-state index in [9.17, 15) is 0 Å². The van der Waals surface area contributed by atoms with E-state index in [2.05, 4.69) is 74.4 Å². The Hall–Kier alpha value is -1.67. The van der Waals surface area contributed by atoms with Crippen LogP contribution in [0.3, 0.4) is 0 Å². The summed E-state index contributed by atoms with van der Waals surface area (Å²) in [6.45, 7) is 9.64. The molecule has 112 valence electrons. The Morgan fingerprint density at radius 2 is 1.67 bits per heavy atom. The summed E-state index contributed by atoms with van der Waals surface area (Å²) in [6, 6.07) is 13.6. The zero-order chi connectivity index (χ0) is 15.2. The fraction of sp³-hybridized carbons (Fsp3) is 0.421. The van der Waals surface area contributed by atoms with Crippen LogP contribution in [0.4, 0.5) is 0 Å². The SMILES string of the molecule is CCNC(Cc1ccc(C)cn1)c1ccc(C(C)C)cc1. The first-order valence-electron chi connectivity index (χ1n) is 7.85. The minimum atomic E-state index is 0.325. The fourth-order valence-corrected chi connectivity index (χ4v) is 2.50. The molecule has 0 amide bonds. The number of nitrogens with one attached hydrogen (secondary N) is 1. The van der Waals surface area contributed by atoms with Gasteiger partial charge in [0.15, 0.2) is 0 Å². The fourth-order valence-electron chi connectivity index (χ4n) is 2.50. The van der Waals surface area contributed by atoms with Crippen molar-refractivity contribution in [3.8, 4) is 0 Å². The summed E-state index contributed by atoms with van der Waals surface area (Å²) in [5.74, 6) is 0.579. The van der Waals surface area contributed by atoms with Gasteiger partial charge >= 0.3 is 0 Å². The quantitative estimate of drug-likeness (QED) is 0.849. The number of hydrogen-bond donors (Lipinski definition) is 1. The molecule has 0 radical (unpaired) electrons. The van der Waals surface area contributed by atoms with Gasteiger partial charge in [0, 0.05) is 24.4 Å². The van der Waals surface area contributed by atoms with E-state index in [0.29, 0.717) is 12.0 Å². The van der Waals surface area contributed by atoms with Crippen LogP contribution in [-0.4, -0.2) is 11.5 Å². The lowest BCUT2D eigenvalue weighted by molar-refractivity contribution is 0.543. The Morgan fingerprint density at radius 3 is 2.19 bits per heavy atom. The molecule has 2 rings (SSSR count). The van der Waals surface area contributed by atoms with Crippen LogP contribution in [0.25, 0.3) is 0 Å². The predicted molar refractivity (Wildman–Crippen MR) is 89.6 cm³/mol. The monoisotopic (exact) mass is 282 g/mol. The van der Waals surface area contributed by atoms with Crippen molar-refractivity contribution in [1.82, 2.24) is 10.3 Å². The van der Waals surface area contributed by atoms with Crippen molar-refractivity contribution in [3.63, 3.8) is 0 Å². The Kier molecular flexibility index (Phi) is 5.51. The molecule has 0 saturated heterocycles. The smallest absolute Gasteiger partial charge is 0.0422 e. The van der Waals surface area contributed by atoms with E-state index >= 15 is 0 Å². The van der Waals surface area contributed by atoms with Crippen molar-refractivity contribution in [2.24, 2.45) is 0 Å². The molecule has 0 aliphatic rings. The van der Waals surface area contributed by atoms with Gasteiger partial charge in [0.25, 0.3) is 0 Å². The first-order valence-corrected chi connectivity index (χ1v) is 7.85. The van der Waals surface area contributed by atoms with Crippen LogP contribution in [0.1, 0.15) is 55.1 Å². The van der Waals surface area contributed by atoms with Crippen molar-refractivity contribution < 1.29 is 0 Å². The van der Waals surface area contributed by atoms with Crippen molar-refractivity contribution in [3.05, 3.63) is 65.0 Å². The Labute approximate surface area is 128 Å². The van der Waals surface area contributed by atoms with E-state index in [1.807, 2.05) is 6.20 Å². The summed E-state index contributed by atoms with van der Waals surface area (Å²) in [5.41, 5.74) is 5.07. The molecule has 1 aromatic carbocycles. The summed E-state index contributed by atoms with van der Waals surface area (Å²) in [4.78, 5) is 4.53. The number of rotatable bonds is 6. The van der Waals surface area contributed by atoms with E-state index in [1.165, 1.54) is 16.7 Å². The van der Waals surface area contributed by atoms with Crippen LogP contribution in [0.2, 0.25) is 0 Å². The molecular formula is C19H26N2. The molecule has 2 aromatic rings. The molecule has 1 aromatic heterocycles. The second-order valence-electron chi connectivity index (χ2n) is 5.96. The molecule has 1 N–H and O–H groups in total. The Balaban J connectivity index is 2.15. The second kappa shape index (κ2) is 7.37. The third-order valence-electron chi connectivity index (χ3n) is 3.84. The number of pyridine rings is 1. The normalized spacial score (nSPS) is 12.6. The highest BCUT2D eigenvalue weighted by atomic mass is 14.9. The van der Waals surface area contributed by atoms with E-state index in [-0.39, 0.29) is 0 Å². The molecule has 1 unspecified atom stereocenters. The van der Waals surface area contributed by atoms with Gasteiger partial charge in [0.1, 0.15) is 0 Å². The van der Waals surface area contributed by atoms with Crippen molar-refractivity contribution >= 4 is 0 Å². The number of hydrogen-bond acceptors (Lipinski definition) is 2. The third kappa shape index (κ3) is 4.40. The van der Waals surface area contributed by atoms with Crippen LogP contribution in [0.5, 0.6) is 0 Å². The lowest BCUT2D eigenvalue weighted by Crippen LogP contribution is -2.23. The lowest BCUT2D eigenvalue weighted by atomic mass is 9.96. The molecule has 0 aliphatic heterocycles. The average molecular weight is 282 g/mol. The molecule has 2 heteroatoms. The predicted octanol–water partition coefficient (Wildman–Crippen LogP) is 4.41. The van der Waals surface area contributed by atoms with Crippen LogP contribution < -0.4 is 5.32 Å². The minimum Gasteiger partial charge on any atom is -0.310 e. The van der Waals surface area contributed by atoms with Gasteiger partial charge in [-0.15, -0.1) is 0 Å². The zero-order valence-electron chi connectivity index (χ0n) is 13.6. The number of likely N-dealkylation sites (N-methyl/N-ethyl adjacent to an activating group) is 1. The van der Waals surface area contributed by atoms with Gasteiger partial charge in [-0.1, -0.05) is 51.1 Å². The molecule has 1 heterocycles. The number of nitrogens with zero attached hydrogens (tertiary/aromatic N) is 1. The van der Waals surface area contributed by atoms with Crippen molar-refractivity contribution in [1.29, 1.82) is 0 Å². The highest BCUT2D eigenvalue weighted by molar-refractivity contribution is 5.28. The Bertz CT molecular complexity index is 541. The highest BCUT2D eigenvalue weighted by Gasteiger charge is 2.12. The maximum atomic E-state index is 4.53. The number of aromatic nitrogens is 1. The van der Waals surface area contributed by atoms with E-state index in [1.54, 1.807) is 0 Å². The van der Waals surface area contributed by atoms with E-state index in [4.69, 9.17) is 0 Å². The summed E-state index contributed by atoms with van der Waals surface area (Å²) >= 11 is 0. The topological polar surface area (TPSA) is 24.9 Å². The standard InChI is InChI=1S/C19H26N2/c1-5-20-19(12-18-11-6-15(4)13-21-18)17-9-7-16(8-10-17)14(2)3/h6-11,13-14,19-20H,5,12H2,1-4H3. The minimum absolute atomic E-state index is 0.325. The van der Waals surface area contributed by atoms with Crippen LogP contribution in [0, 0.1) is 6.92 Å². The third-order valence-corrected chi connectivity index (χ3v) is 3.84. The van der Waals surface area contributed by atoms with E-state index in [0.717, 1.165) is 18.7 Å². The van der Waals surface area contributed by atoms with Crippen molar-refractivity contribution in [2.45, 2.75) is 46.1 Å². The molecule has 0 bridgehead atoms. The van der Waals surface area contributed by atoms with Gasteiger partial charge in [-0.25, -0.2) is 0 Å². The van der Waals surface area contributed by atoms with Gasteiger partial charge in [0.05, 0.1) is 0 Å². The van der Waals surface area contributed by atoms with Gasteiger partial charge in [-0.2, -0.15) is 0 Å². The maximum absolute atomic E-state index is 4.53. The summed E-state index contributed by atoms with van der Waals surface area (Å²) in [6.07, 6.45) is 2.87. The second-order valence-corrected chi connectivity index (χ2v) is 5.96. The molecule has 0 spiro atoms. The zero-order valence-corrected chi connectivity index (χ0v) is 13.6. The summed E-state index contributed by atoms with van der Waals surface area (Å²) in [5, 5.41) is 3.57. The van der Waals surface area contributed by atoms with Crippen LogP contribution >= 0.6 is 0 Å². The molecule has 21 heavy (non-hydrogen) atoms. The molecule has 2 nitrogen and oxygen atoms in total. The first kappa shape index (κ1) is 15.7. The summed E-state index contributed by atoms with van der Waals surface area (Å²) in [7, 11) is 0. The molecule has 0 saturated carbocycles. The number of aryl methyl sites for hydroxylation is 1. The lowest BCUT2D eigenvalue weighted by Gasteiger charge is -2.19. The maximum Gasteiger partial charge on any atom is 0.0422 e. The van der Waals surface area contributed by atoms with E-state index < -0.39 is 0 Å². The van der Waals surface area contributed by atoms with Gasteiger partial charge in [-0.3, -0.25) is 4.98 Å². The van der Waals surface area contributed by atoms with Gasteiger partial charge in [-0.05, 0) is 42.1 Å². The van der Waals surface area contributed by atoms with Gasteiger partial charge in [0.2, 0.25) is 0 Å².